The van der Waals surface area contributed by atoms with Crippen LogP contribution in [0.5, 0.6) is 0 Å². The zero-order chi connectivity index (χ0) is 24.5. The van der Waals surface area contributed by atoms with E-state index in [1.54, 1.807) is 0 Å². The van der Waals surface area contributed by atoms with Gasteiger partial charge in [-0.05, 0) is 57.6 Å². The third-order valence-corrected chi connectivity index (χ3v) is 7.47. The molecule has 4 rings (SSSR count). The predicted octanol–water partition coefficient (Wildman–Crippen LogP) is 3.61. The molecule has 2 saturated heterocycles. The Bertz CT molecular complexity index is 1020. The molecule has 1 atom stereocenters. The lowest BCUT2D eigenvalue weighted by Crippen LogP contribution is -2.73. The summed E-state index contributed by atoms with van der Waals surface area (Å²) in [6.07, 6.45) is 2.89. The van der Waals surface area contributed by atoms with Crippen LogP contribution in [-0.2, 0) is 16.1 Å². The molecule has 0 bridgehead atoms. The molecular weight excluding hydrogens is 426 g/mol. The zero-order valence-electron chi connectivity index (χ0n) is 21.3. The van der Waals surface area contributed by atoms with Crippen molar-refractivity contribution in [3.63, 3.8) is 0 Å². The molecular formula is C27H39N5O2. The Morgan fingerprint density at radius 3 is 2.41 bits per heavy atom. The maximum Gasteiger partial charge on any atom is 0.246 e. The molecule has 0 unspecified atom stereocenters. The second kappa shape index (κ2) is 9.90. The fourth-order valence-electron chi connectivity index (χ4n) is 5.58. The van der Waals surface area contributed by atoms with Crippen LogP contribution < -0.4 is 5.32 Å². The second-order valence-electron chi connectivity index (χ2n) is 10.3. The number of piperidine rings is 1. The molecule has 3 heterocycles. The lowest BCUT2D eigenvalue weighted by Gasteiger charge is -2.52. The number of nitrogens with one attached hydrogen (secondary N) is 1. The molecule has 2 aliphatic heterocycles. The van der Waals surface area contributed by atoms with Crippen LogP contribution in [0.2, 0.25) is 0 Å². The van der Waals surface area contributed by atoms with Gasteiger partial charge in [0.15, 0.2) is 0 Å². The number of aryl methyl sites for hydroxylation is 1. The number of para-hydroxylation sites is 1. The summed E-state index contributed by atoms with van der Waals surface area (Å²) < 4.78 is 2.02. The van der Waals surface area contributed by atoms with Gasteiger partial charge < -0.3 is 10.2 Å². The van der Waals surface area contributed by atoms with Crippen molar-refractivity contribution >= 4 is 11.8 Å². The van der Waals surface area contributed by atoms with Crippen molar-refractivity contribution in [2.75, 3.05) is 19.6 Å². The van der Waals surface area contributed by atoms with Gasteiger partial charge in [0.2, 0.25) is 11.8 Å². The van der Waals surface area contributed by atoms with Gasteiger partial charge in [0.1, 0.15) is 11.6 Å². The molecule has 0 aliphatic carbocycles. The minimum Gasteiger partial charge on any atom is -0.342 e. The average molecular weight is 466 g/mol. The third kappa shape index (κ3) is 4.50. The lowest BCUT2D eigenvalue weighted by atomic mass is 9.80. The minimum absolute atomic E-state index is 0.0371. The van der Waals surface area contributed by atoms with Gasteiger partial charge in [-0.15, -0.1) is 0 Å². The molecule has 1 aromatic heterocycles. The summed E-state index contributed by atoms with van der Waals surface area (Å²) in [5, 5.41) is 7.88. The molecule has 2 fully saturated rings. The maximum absolute atomic E-state index is 13.4. The lowest BCUT2D eigenvalue weighted by molar-refractivity contribution is -0.161. The van der Waals surface area contributed by atoms with Crippen LogP contribution in [0.15, 0.2) is 30.3 Å². The number of aromatic nitrogens is 2. The summed E-state index contributed by atoms with van der Waals surface area (Å²) in [4.78, 5) is 31.1. The van der Waals surface area contributed by atoms with Crippen LogP contribution in [0, 0.1) is 19.8 Å². The molecule has 1 spiro atoms. The van der Waals surface area contributed by atoms with Gasteiger partial charge in [-0.1, -0.05) is 39.0 Å². The first-order chi connectivity index (χ1) is 16.3. The fourth-order valence-corrected chi connectivity index (χ4v) is 5.58. The fraction of sp³-hybridized carbons (Fsp3) is 0.593. The Morgan fingerprint density at radius 2 is 1.79 bits per heavy atom. The van der Waals surface area contributed by atoms with Crippen LogP contribution in [0.4, 0.5) is 0 Å². The number of carbonyl (C=O) groups excluding carboxylic acids is 2. The summed E-state index contributed by atoms with van der Waals surface area (Å²) >= 11 is 0. The number of amides is 2. The highest BCUT2D eigenvalue weighted by atomic mass is 16.2. The first-order valence-corrected chi connectivity index (χ1v) is 12.7. The average Bonchev–Trinajstić information content (AvgIpc) is 3.10. The first kappa shape index (κ1) is 24.5. The number of rotatable bonds is 7. The zero-order valence-corrected chi connectivity index (χ0v) is 21.3. The van der Waals surface area contributed by atoms with Gasteiger partial charge in [-0.2, -0.15) is 5.10 Å². The Morgan fingerprint density at radius 1 is 1.12 bits per heavy atom. The highest BCUT2D eigenvalue weighted by molar-refractivity contribution is 6.00. The number of benzene rings is 1. The Balaban J connectivity index is 1.49. The minimum atomic E-state index is -0.713. The molecule has 0 radical (unpaired) electrons. The summed E-state index contributed by atoms with van der Waals surface area (Å²) in [6, 6.07) is 9.82. The highest BCUT2D eigenvalue weighted by Crippen LogP contribution is 2.35. The van der Waals surface area contributed by atoms with Crippen LogP contribution in [0.1, 0.15) is 63.4 Å². The largest absolute Gasteiger partial charge is 0.342 e. The van der Waals surface area contributed by atoms with E-state index in [1.807, 2.05) is 27.8 Å². The van der Waals surface area contributed by atoms with E-state index in [9.17, 15) is 9.59 Å². The van der Waals surface area contributed by atoms with Crippen molar-refractivity contribution in [2.24, 2.45) is 5.92 Å². The highest BCUT2D eigenvalue weighted by Gasteiger charge is 2.53. The van der Waals surface area contributed by atoms with E-state index in [0.29, 0.717) is 31.7 Å². The van der Waals surface area contributed by atoms with E-state index in [2.05, 4.69) is 57.0 Å². The summed E-state index contributed by atoms with van der Waals surface area (Å²) in [5.41, 5.74) is 3.78. The molecule has 184 valence electrons. The molecule has 34 heavy (non-hydrogen) atoms. The number of hydrogen-bond acceptors (Lipinski definition) is 4. The summed E-state index contributed by atoms with van der Waals surface area (Å²) in [7, 11) is 0. The molecule has 0 saturated carbocycles. The Kier molecular flexibility index (Phi) is 7.12. The first-order valence-electron chi connectivity index (χ1n) is 12.7. The molecule has 7 nitrogen and oxygen atoms in total. The number of likely N-dealkylation sites (tertiary alicyclic amines) is 1. The summed E-state index contributed by atoms with van der Waals surface area (Å²) in [6.45, 7) is 13.5. The van der Waals surface area contributed by atoms with Crippen molar-refractivity contribution in [1.29, 1.82) is 0 Å². The molecule has 1 N–H and O–H groups in total. The standard InChI is InChI=1S/C27H39N5O2/c1-6-14-31-25(33)24(17-19(2)3)28-26(34)27(31)12-15-30(16-13-27)18-23-20(4)29-32(21(23)5)22-10-8-7-9-11-22/h7-11,19,24H,6,12-18H2,1-5H3,(H,28,34)/t24-/m0/s1. The molecule has 1 aromatic carbocycles. The Hall–Kier alpha value is -2.67. The van der Waals surface area contributed by atoms with Crippen LogP contribution in [0.25, 0.3) is 5.69 Å². The quantitative estimate of drug-likeness (QED) is 0.678. The van der Waals surface area contributed by atoms with Crippen molar-refractivity contribution < 1.29 is 9.59 Å². The van der Waals surface area contributed by atoms with Crippen molar-refractivity contribution in [1.82, 2.24) is 24.9 Å². The maximum atomic E-state index is 13.4. The van der Waals surface area contributed by atoms with Crippen LogP contribution >= 0.6 is 0 Å². The van der Waals surface area contributed by atoms with E-state index in [0.717, 1.165) is 43.1 Å². The number of carbonyl (C=O) groups is 2. The van der Waals surface area contributed by atoms with E-state index in [-0.39, 0.29) is 11.8 Å². The number of hydrogen-bond donors (Lipinski definition) is 1. The van der Waals surface area contributed by atoms with Gasteiger partial charge in [-0.3, -0.25) is 14.5 Å². The van der Waals surface area contributed by atoms with Crippen LogP contribution in [-0.4, -0.2) is 62.6 Å². The SMILES string of the molecule is CCCN1C(=O)[C@H](CC(C)C)NC(=O)C12CCN(Cc1c(C)nn(-c3ccccc3)c1C)CC2. The number of piperazine rings is 1. The smallest absolute Gasteiger partial charge is 0.246 e. The molecule has 2 aliphatic rings. The monoisotopic (exact) mass is 465 g/mol. The normalized spacial score (nSPS) is 20.9. The van der Waals surface area contributed by atoms with Crippen molar-refractivity contribution in [3.05, 3.63) is 47.3 Å². The van der Waals surface area contributed by atoms with Gasteiger partial charge in [0.25, 0.3) is 0 Å². The Labute approximate surface area is 203 Å². The van der Waals surface area contributed by atoms with E-state index in [1.165, 1.54) is 5.56 Å². The third-order valence-electron chi connectivity index (χ3n) is 7.47. The molecule has 7 heteroatoms. The van der Waals surface area contributed by atoms with Crippen molar-refractivity contribution in [3.8, 4) is 5.69 Å². The van der Waals surface area contributed by atoms with Gasteiger partial charge in [-0.25, -0.2) is 4.68 Å². The van der Waals surface area contributed by atoms with E-state index in [4.69, 9.17) is 5.10 Å². The predicted molar refractivity (Wildman–Crippen MR) is 134 cm³/mol. The van der Waals surface area contributed by atoms with Gasteiger partial charge in [0.05, 0.1) is 11.4 Å². The second-order valence-corrected chi connectivity index (χ2v) is 10.3. The van der Waals surface area contributed by atoms with Gasteiger partial charge >= 0.3 is 0 Å². The summed E-state index contributed by atoms with van der Waals surface area (Å²) in [5.74, 6) is 0.492. The van der Waals surface area contributed by atoms with E-state index < -0.39 is 11.6 Å². The van der Waals surface area contributed by atoms with E-state index >= 15 is 0 Å². The van der Waals surface area contributed by atoms with Crippen molar-refractivity contribution in [2.45, 2.75) is 78.4 Å². The topological polar surface area (TPSA) is 70.5 Å². The molecule has 2 aromatic rings. The molecule has 2 amide bonds. The van der Waals surface area contributed by atoms with Gasteiger partial charge in [0, 0.05) is 37.4 Å². The van der Waals surface area contributed by atoms with Crippen LogP contribution in [0.3, 0.4) is 0 Å². The number of nitrogens with zero attached hydrogens (tertiary/aromatic N) is 4.